The molecule has 1 aliphatic carbocycles. The summed E-state index contributed by atoms with van der Waals surface area (Å²) in [5, 5.41) is 0. The highest BCUT2D eigenvalue weighted by molar-refractivity contribution is 5.40. The summed E-state index contributed by atoms with van der Waals surface area (Å²) in [6.07, 6.45) is 3.45. The van der Waals surface area contributed by atoms with E-state index in [-0.39, 0.29) is 6.67 Å². The van der Waals surface area contributed by atoms with E-state index in [1.54, 1.807) is 0 Å². The van der Waals surface area contributed by atoms with E-state index in [4.69, 9.17) is 0 Å². The molecule has 2 rings (SSSR count). The first-order valence-corrected chi connectivity index (χ1v) is 5.38. The molecule has 0 heterocycles. The fraction of sp³-hybridized carbons (Fsp3) is 0.538. The van der Waals surface area contributed by atoms with Crippen molar-refractivity contribution in [1.29, 1.82) is 0 Å². The summed E-state index contributed by atoms with van der Waals surface area (Å²) in [6.45, 7) is 4.00. The van der Waals surface area contributed by atoms with E-state index in [0.29, 0.717) is 0 Å². The molecule has 1 aromatic carbocycles. The number of halogens is 1. The minimum absolute atomic E-state index is 0.309. The van der Waals surface area contributed by atoms with Gasteiger partial charge in [-0.1, -0.05) is 24.6 Å². The van der Waals surface area contributed by atoms with E-state index in [1.165, 1.54) is 23.1 Å². The fourth-order valence-electron chi connectivity index (χ4n) is 2.43. The first kappa shape index (κ1) is 9.70. The summed E-state index contributed by atoms with van der Waals surface area (Å²) >= 11 is 0. The number of alkyl halides is 1. The van der Waals surface area contributed by atoms with Crippen molar-refractivity contribution in [1.82, 2.24) is 0 Å². The molecule has 0 saturated heterocycles. The zero-order valence-electron chi connectivity index (χ0n) is 8.94. The minimum Gasteiger partial charge on any atom is -0.246 e. The maximum absolute atomic E-state index is 12.8. The van der Waals surface area contributed by atoms with Crippen LogP contribution >= 0.6 is 0 Å². The van der Waals surface area contributed by atoms with Crippen LogP contribution in [0.3, 0.4) is 0 Å². The molecular weight excluding hydrogens is 175 g/mol. The quantitative estimate of drug-likeness (QED) is 0.638. The predicted molar refractivity (Wildman–Crippen MR) is 57.2 cm³/mol. The first-order chi connectivity index (χ1) is 6.70. The average molecular weight is 192 g/mol. The lowest BCUT2D eigenvalue weighted by Gasteiger charge is -2.24. The van der Waals surface area contributed by atoms with E-state index in [1.807, 2.05) is 6.07 Å². The van der Waals surface area contributed by atoms with Crippen molar-refractivity contribution in [2.45, 2.75) is 39.8 Å². The maximum Gasteiger partial charge on any atom is 0.115 e. The van der Waals surface area contributed by atoms with Gasteiger partial charge in [0.05, 0.1) is 0 Å². The summed E-state index contributed by atoms with van der Waals surface area (Å²) in [6, 6.07) is 4.22. The molecule has 0 N–H and O–H groups in total. The lowest BCUT2D eigenvalue weighted by molar-refractivity contribution is 0.462. The van der Waals surface area contributed by atoms with Crippen molar-refractivity contribution in [2.24, 2.45) is 5.92 Å². The number of benzene rings is 1. The molecule has 0 fully saturated rings. The molecule has 76 valence electrons. The number of rotatable bonds is 1. The van der Waals surface area contributed by atoms with Crippen LogP contribution < -0.4 is 0 Å². The Hall–Kier alpha value is -0.850. The van der Waals surface area contributed by atoms with Crippen LogP contribution in [0.5, 0.6) is 0 Å². The number of hydrogen-bond donors (Lipinski definition) is 0. The monoisotopic (exact) mass is 192 g/mol. The molecule has 0 saturated carbocycles. The van der Waals surface area contributed by atoms with E-state index in [9.17, 15) is 4.39 Å². The Morgan fingerprint density at radius 1 is 1.43 bits per heavy atom. The molecule has 0 aromatic heterocycles. The Labute approximate surface area is 85.1 Å². The van der Waals surface area contributed by atoms with E-state index >= 15 is 0 Å². The second-order valence-corrected chi connectivity index (χ2v) is 4.54. The van der Waals surface area contributed by atoms with E-state index in [2.05, 4.69) is 19.9 Å². The fourth-order valence-corrected chi connectivity index (χ4v) is 2.43. The van der Waals surface area contributed by atoms with Gasteiger partial charge in [-0.2, -0.15) is 0 Å². The highest BCUT2D eigenvalue weighted by atomic mass is 19.1. The highest BCUT2D eigenvalue weighted by Gasteiger charge is 2.18. The highest BCUT2D eigenvalue weighted by Crippen LogP contribution is 2.29. The van der Waals surface area contributed by atoms with Gasteiger partial charge in [0.25, 0.3) is 0 Å². The zero-order valence-corrected chi connectivity index (χ0v) is 8.94. The van der Waals surface area contributed by atoms with Crippen LogP contribution in [0.2, 0.25) is 0 Å². The van der Waals surface area contributed by atoms with Gasteiger partial charge < -0.3 is 0 Å². The predicted octanol–water partition coefficient (Wildman–Crippen LogP) is 3.59. The summed E-state index contributed by atoms with van der Waals surface area (Å²) in [5.74, 6) is 0.718. The van der Waals surface area contributed by atoms with Crippen LogP contribution in [-0.2, 0) is 19.5 Å². The zero-order chi connectivity index (χ0) is 10.1. The molecular formula is C13H17F. The van der Waals surface area contributed by atoms with Gasteiger partial charge in [0.15, 0.2) is 0 Å². The normalized spacial score (nSPS) is 20.6. The van der Waals surface area contributed by atoms with Crippen LogP contribution in [0, 0.1) is 12.8 Å². The molecule has 14 heavy (non-hydrogen) atoms. The summed E-state index contributed by atoms with van der Waals surface area (Å²) in [4.78, 5) is 0. The van der Waals surface area contributed by atoms with Crippen molar-refractivity contribution in [3.05, 3.63) is 34.4 Å². The van der Waals surface area contributed by atoms with Gasteiger partial charge in [0, 0.05) is 0 Å². The topological polar surface area (TPSA) is 0 Å². The molecule has 0 radical (unpaired) electrons. The largest absolute Gasteiger partial charge is 0.246 e. The second-order valence-electron chi connectivity index (χ2n) is 4.54. The van der Waals surface area contributed by atoms with Crippen molar-refractivity contribution < 1.29 is 4.39 Å². The average Bonchev–Trinajstić information content (AvgIpc) is 2.17. The first-order valence-electron chi connectivity index (χ1n) is 5.38. The lowest BCUT2D eigenvalue weighted by Crippen LogP contribution is -2.13. The Bertz CT molecular complexity index is 324. The molecule has 0 bridgehead atoms. The molecule has 1 heteroatoms. The van der Waals surface area contributed by atoms with Gasteiger partial charge >= 0.3 is 0 Å². The second kappa shape index (κ2) is 3.72. The minimum atomic E-state index is -0.309. The molecule has 1 aromatic rings. The van der Waals surface area contributed by atoms with E-state index < -0.39 is 0 Å². The van der Waals surface area contributed by atoms with Crippen molar-refractivity contribution in [3.8, 4) is 0 Å². The van der Waals surface area contributed by atoms with Gasteiger partial charge in [0.1, 0.15) is 6.67 Å². The summed E-state index contributed by atoms with van der Waals surface area (Å²) < 4.78 is 12.8. The van der Waals surface area contributed by atoms with Crippen LogP contribution in [-0.4, -0.2) is 0 Å². The lowest BCUT2D eigenvalue weighted by atomic mass is 9.82. The maximum atomic E-state index is 12.8. The van der Waals surface area contributed by atoms with Gasteiger partial charge in [-0.15, -0.1) is 0 Å². The molecule has 1 unspecified atom stereocenters. The number of fused-ring (bicyclic) bond motifs is 1. The Morgan fingerprint density at radius 3 is 2.93 bits per heavy atom. The third kappa shape index (κ3) is 1.68. The third-order valence-corrected chi connectivity index (χ3v) is 3.18. The van der Waals surface area contributed by atoms with Gasteiger partial charge in [-0.25, -0.2) is 4.39 Å². The van der Waals surface area contributed by atoms with Gasteiger partial charge in [-0.3, -0.25) is 0 Å². The molecule has 0 amide bonds. The summed E-state index contributed by atoms with van der Waals surface area (Å²) in [7, 11) is 0. The van der Waals surface area contributed by atoms with Crippen LogP contribution in [0.1, 0.15) is 35.6 Å². The Balaban J connectivity index is 2.47. The van der Waals surface area contributed by atoms with Crippen LogP contribution in [0.15, 0.2) is 12.1 Å². The van der Waals surface area contributed by atoms with E-state index in [0.717, 1.165) is 24.3 Å². The van der Waals surface area contributed by atoms with Gasteiger partial charge in [0.2, 0.25) is 0 Å². The van der Waals surface area contributed by atoms with Gasteiger partial charge in [-0.05, 0) is 48.8 Å². The molecule has 1 atom stereocenters. The SMILES string of the molecule is Cc1cc(CF)c2c(c1)CCC(C)C2. The molecule has 0 spiro atoms. The number of hydrogen-bond acceptors (Lipinski definition) is 0. The van der Waals surface area contributed by atoms with Crippen LogP contribution in [0.4, 0.5) is 4.39 Å². The smallest absolute Gasteiger partial charge is 0.115 e. The van der Waals surface area contributed by atoms with Crippen molar-refractivity contribution in [3.63, 3.8) is 0 Å². The molecule has 0 nitrogen and oxygen atoms in total. The number of aryl methyl sites for hydroxylation is 2. The van der Waals surface area contributed by atoms with Crippen molar-refractivity contribution >= 4 is 0 Å². The standard InChI is InChI=1S/C13H17F/c1-9-3-4-11-5-10(2)6-12(8-14)13(11)7-9/h5-6,9H,3-4,7-8H2,1-2H3. The van der Waals surface area contributed by atoms with Crippen LogP contribution in [0.25, 0.3) is 0 Å². The van der Waals surface area contributed by atoms with Crippen molar-refractivity contribution in [2.75, 3.05) is 0 Å². The Kier molecular flexibility index (Phi) is 2.58. The molecule has 0 aliphatic heterocycles. The third-order valence-electron chi connectivity index (χ3n) is 3.18. The molecule has 1 aliphatic rings. The summed E-state index contributed by atoms with van der Waals surface area (Å²) in [5.41, 5.74) is 4.80. The Morgan fingerprint density at radius 2 is 2.21 bits per heavy atom.